The second-order valence-electron chi connectivity index (χ2n) is 5.16. The Morgan fingerprint density at radius 3 is 2.74 bits per heavy atom. The highest BCUT2D eigenvalue weighted by molar-refractivity contribution is 6.13. The first-order valence-electron chi connectivity index (χ1n) is 6.61. The van der Waals surface area contributed by atoms with Gasteiger partial charge < -0.3 is 0 Å². The van der Waals surface area contributed by atoms with Crippen molar-refractivity contribution in [2.45, 2.75) is 6.54 Å². The second kappa shape index (κ2) is 3.16. The molecule has 0 unspecified atom stereocenters. The molecule has 3 aromatic rings. The smallest absolute Gasteiger partial charge is 0.0708 e. The number of rotatable bonds is 0. The maximum Gasteiger partial charge on any atom is 0.0708 e. The molecule has 0 amide bonds. The summed E-state index contributed by atoms with van der Waals surface area (Å²) in [5, 5.41) is 4.95. The van der Waals surface area contributed by atoms with Gasteiger partial charge in [0.05, 0.1) is 11.4 Å². The average Bonchev–Trinajstić information content (AvgIpc) is 2.91. The van der Waals surface area contributed by atoms with Crippen LogP contribution in [-0.2, 0) is 6.54 Å². The Kier molecular flexibility index (Phi) is 1.60. The van der Waals surface area contributed by atoms with Gasteiger partial charge >= 0.3 is 0 Å². The molecule has 0 radical (unpaired) electrons. The molecule has 0 atom stereocenters. The van der Waals surface area contributed by atoms with Crippen LogP contribution in [0.3, 0.4) is 0 Å². The van der Waals surface area contributed by atoms with Crippen molar-refractivity contribution < 1.29 is 0 Å². The molecule has 0 aliphatic carbocycles. The van der Waals surface area contributed by atoms with E-state index in [4.69, 9.17) is 0 Å². The van der Waals surface area contributed by atoms with Gasteiger partial charge in [0.15, 0.2) is 0 Å². The number of benzene rings is 3. The van der Waals surface area contributed by atoms with E-state index >= 15 is 0 Å². The van der Waals surface area contributed by atoms with E-state index in [-0.39, 0.29) is 0 Å². The lowest BCUT2D eigenvalue weighted by Gasteiger charge is -2.29. The predicted octanol–water partition coefficient (Wildman–Crippen LogP) is 3.98. The van der Waals surface area contributed by atoms with E-state index in [1.165, 1.54) is 38.8 Å². The Morgan fingerprint density at radius 1 is 0.842 bits per heavy atom. The zero-order valence-electron chi connectivity index (χ0n) is 10.4. The maximum absolute atomic E-state index is 3.50. The molecule has 0 saturated heterocycles. The third-order valence-corrected chi connectivity index (χ3v) is 4.19. The van der Waals surface area contributed by atoms with Crippen molar-refractivity contribution in [1.82, 2.24) is 5.43 Å². The second-order valence-corrected chi connectivity index (χ2v) is 5.16. The number of anilines is 2. The van der Waals surface area contributed by atoms with Gasteiger partial charge in [-0.1, -0.05) is 48.5 Å². The molecule has 90 valence electrons. The molecule has 19 heavy (non-hydrogen) atoms. The number of fused-ring (bicyclic) bond motifs is 3. The van der Waals surface area contributed by atoms with Crippen molar-refractivity contribution >= 4 is 22.1 Å². The molecule has 5 rings (SSSR count). The van der Waals surface area contributed by atoms with Gasteiger partial charge in [0.2, 0.25) is 0 Å². The molecule has 2 aliphatic rings. The highest BCUT2D eigenvalue weighted by Gasteiger charge is 2.29. The first-order valence-corrected chi connectivity index (χ1v) is 6.61. The third kappa shape index (κ3) is 1.06. The molecule has 0 aromatic heterocycles. The molecule has 0 saturated carbocycles. The fourth-order valence-electron chi connectivity index (χ4n) is 3.37. The normalized spacial score (nSPS) is 14.8. The first kappa shape index (κ1) is 9.59. The third-order valence-electron chi connectivity index (χ3n) is 4.19. The Morgan fingerprint density at radius 2 is 1.74 bits per heavy atom. The molecular formula is C17H12N2. The molecule has 2 heterocycles. The molecule has 0 spiro atoms. The lowest BCUT2D eigenvalue weighted by atomic mass is 9.91. The summed E-state index contributed by atoms with van der Waals surface area (Å²) >= 11 is 0. The monoisotopic (exact) mass is 244 g/mol. The minimum Gasteiger partial charge on any atom is -0.275 e. The van der Waals surface area contributed by atoms with Gasteiger partial charge in [-0.3, -0.25) is 5.01 Å². The highest BCUT2D eigenvalue weighted by Crippen LogP contribution is 2.49. The molecule has 2 heteroatoms. The van der Waals surface area contributed by atoms with E-state index in [2.05, 4.69) is 65.0 Å². The Balaban J connectivity index is 2.06. The first-order chi connectivity index (χ1) is 9.43. The molecule has 1 N–H and O–H groups in total. The van der Waals surface area contributed by atoms with Gasteiger partial charge in [0, 0.05) is 17.5 Å². The minimum atomic E-state index is 0.911. The lowest BCUT2D eigenvalue weighted by molar-refractivity contribution is 0.766. The van der Waals surface area contributed by atoms with E-state index in [1.807, 2.05) is 0 Å². The molecule has 0 fully saturated rings. The van der Waals surface area contributed by atoms with Crippen LogP contribution in [0.4, 0.5) is 11.4 Å². The number of para-hydroxylation sites is 1. The molecule has 2 nitrogen and oxygen atoms in total. The fourth-order valence-corrected chi connectivity index (χ4v) is 3.37. The molecular weight excluding hydrogens is 232 g/mol. The van der Waals surface area contributed by atoms with Gasteiger partial charge in [-0.2, -0.15) is 0 Å². The summed E-state index contributed by atoms with van der Waals surface area (Å²) in [6.07, 6.45) is 0. The molecule has 0 bridgehead atoms. The number of hydrazine groups is 1. The predicted molar refractivity (Wildman–Crippen MR) is 78.4 cm³/mol. The van der Waals surface area contributed by atoms with Crippen LogP contribution >= 0.6 is 0 Å². The fraction of sp³-hybridized carbons (Fsp3) is 0.0588. The summed E-state index contributed by atoms with van der Waals surface area (Å²) in [5.74, 6) is 0. The number of hydrogen-bond acceptors (Lipinski definition) is 2. The van der Waals surface area contributed by atoms with Crippen molar-refractivity contribution in [2.24, 2.45) is 0 Å². The van der Waals surface area contributed by atoms with Crippen molar-refractivity contribution in [3.8, 4) is 11.1 Å². The van der Waals surface area contributed by atoms with Crippen LogP contribution in [0.15, 0.2) is 54.6 Å². The average molecular weight is 244 g/mol. The van der Waals surface area contributed by atoms with E-state index in [9.17, 15) is 0 Å². The van der Waals surface area contributed by atoms with E-state index in [0.717, 1.165) is 6.54 Å². The SMILES string of the molecule is c1ccc2c(c1)-c1cccc3ccc4c(c13)N2NC4. The van der Waals surface area contributed by atoms with Gasteiger partial charge in [-0.15, -0.1) is 0 Å². The highest BCUT2D eigenvalue weighted by atomic mass is 15.5. The Hall–Kier alpha value is -2.32. The zero-order valence-corrected chi connectivity index (χ0v) is 10.4. The summed E-state index contributed by atoms with van der Waals surface area (Å²) in [5.41, 5.74) is 10.1. The van der Waals surface area contributed by atoms with Crippen LogP contribution in [-0.4, -0.2) is 0 Å². The maximum atomic E-state index is 3.50. The van der Waals surface area contributed by atoms with Crippen molar-refractivity contribution in [1.29, 1.82) is 0 Å². The van der Waals surface area contributed by atoms with Crippen LogP contribution in [0, 0.1) is 0 Å². The van der Waals surface area contributed by atoms with Crippen molar-refractivity contribution in [3.05, 3.63) is 60.2 Å². The van der Waals surface area contributed by atoms with Crippen LogP contribution in [0.5, 0.6) is 0 Å². The quantitative estimate of drug-likeness (QED) is 0.643. The molecule has 2 aliphatic heterocycles. The summed E-state index contributed by atoms with van der Waals surface area (Å²) in [4.78, 5) is 0. The van der Waals surface area contributed by atoms with Gasteiger partial charge in [0.25, 0.3) is 0 Å². The van der Waals surface area contributed by atoms with Crippen LogP contribution < -0.4 is 10.4 Å². The number of nitrogens with zero attached hydrogens (tertiary/aromatic N) is 1. The van der Waals surface area contributed by atoms with Crippen LogP contribution in [0.2, 0.25) is 0 Å². The Labute approximate surface area is 111 Å². The number of nitrogens with one attached hydrogen (secondary N) is 1. The van der Waals surface area contributed by atoms with Crippen molar-refractivity contribution in [3.63, 3.8) is 0 Å². The van der Waals surface area contributed by atoms with Crippen LogP contribution in [0.1, 0.15) is 5.56 Å². The standard InChI is InChI=1S/C17H12N2/c1-2-7-15-13(5-1)14-6-3-4-11-8-9-12-10-18-19(15)17(12)16(11)14/h1-9,18H,10H2. The molecule has 3 aromatic carbocycles. The Bertz CT molecular complexity index is 836. The minimum absolute atomic E-state index is 0.911. The summed E-state index contributed by atoms with van der Waals surface area (Å²) in [6, 6.07) is 19.7. The summed E-state index contributed by atoms with van der Waals surface area (Å²) < 4.78 is 0. The van der Waals surface area contributed by atoms with Gasteiger partial charge in [-0.25, -0.2) is 5.43 Å². The van der Waals surface area contributed by atoms with E-state index < -0.39 is 0 Å². The summed E-state index contributed by atoms with van der Waals surface area (Å²) in [6.45, 7) is 0.911. The van der Waals surface area contributed by atoms with Gasteiger partial charge in [-0.05, 0) is 22.6 Å². The van der Waals surface area contributed by atoms with Gasteiger partial charge in [0.1, 0.15) is 0 Å². The summed E-state index contributed by atoms with van der Waals surface area (Å²) in [7, 11) is 0. The van der Waals surface area contributed by atoms with E-state index in [1.54, 1.807) is 0 Å². The van der Waals surface area contributed by atoms with Crippen molar-refractivity contribution in [2.75, 3.05) is 5.01 Å². The van der Waals surface area contributed by atoms with E-state index in [0.29, 0.717) is 0 Å². The largest absolute Gasteiger partial charge is 0.275 e. The topological polar surface area (TPSA) is 15.3 Å². The van der Waals surface area contributed by atoms with Crippen LogP contribution in [0.25, 0.3) is 21.9 Å². The number of hydrogen-bond donors (Lipinski definition) is 1. The lowest BCUT2D eigenvalue weighted by Crippen LogP contribution is -2.28. The zero-order chi connectivity index (χ0) is 12.4.